The highest BCUT2D eigenvalue weighted by atomic mass is 32.2. The molecular weight excluding hydrogens is 234 g/mol. The number of nitrogens with zero attached hydrogens (tertiary/aromatic N) is 3. The molecule has 1 N–H and O–H groups in total. The zero-order valence-electron chi connectivity index (χ0n) is 7.32. The zero-order chi connectivity index (χ0) is 10.7. The number of carboxylic acids is 1. The van der Waals surface area contributed by atoms with Crippen molar-refractivity contribution in [1.29, 1.82) is 0 Å². The van der Waals surface area contributed by atoms with E-state index in [1.54, 1.807) is 17.6 Å². The van der Waals surface area contributed by atoms with Crippen LogP contribution in [0, 0.1) is 0 Å². The molecule has 0 aliphatic carbocycles. The van der Waals surface area contributed by atoms with Crippen molar-refractivity contribution in [2.75, 3.05) is 0 Å². The maximum Gasteiger partial charge on any atom is 0.355 e. The lowest BCUT2D eigenvalue weighted by atomic mass is 10.3. The normalized spacial score (nSPS) is 10.1. The van der Waals surface area contributed by atoms with Crippen molar-refractivity contribution in [2.45, 2.75) is 9.24 Å². The van der Waals surface area contributed by atoms with Gasteiger partial charge in [0.25, 0.3) is 0 Å². The molecule has 0 saturated heterocycles. The minimum atomic E-state index is -1.04. The van der Waals surface area contributed by atoms with Gasteiger partial charge >= 0.3 is 5.97 Å². The van der Waals surface area contributed by atoms with Crippen LogP contribution in [-0.2, 0) is 0 Å². The van der Waals surface area contributed by atoms with Crippen LogP contribution >= 0.6 is 23.1 Å². The molecule has 15 heavy (non-hydrogen) atoms. The molecule has 0 atom stereocenters. The average molecular weight is 239 g/mol. The first-order chi connectivity index (χ1) is 7.27. The number of carbonyl (C=O) groups is 1. The average Bonchev–Trinajstić information content (AvgIpc) is 2.71. The van der Waals surface area contributed by atoms with E-state index in [0.29, 0.717) is 9.24 Å². The van der Waals surface area contributed by atoms with Crippen LogP contribution in [0.1, 0.15) is 10.5 Å². The summed E-state index contributed by atoms with van der Waals surface area (Å²) in [6.07, 6.45) is 1.45. The summed E-state index contributed by atoms with van der Waals surface area (Å²) in [5.41, 5.74) is 1.64. The molecule has 0 saturated carbocycles. The first-order valence-corrected chi connectivity index (χ1v) is 5.59. The van der Waals surface area contributed by atoms with Crippen LogP contribution in [0.2, 0.25) is 0 Å². The van der Waals surface area contributed by atoms with Gasteiger partial charge in [0.05, 0.1) is 0 Å². The molecule has 0 aromatic carbocycles. The Hall–Kier alpha value is -1.47. The Labute approximate surface area is 93.2 Å². The van der Waals surface area contributed by atoms with E-state index in [4.69, 9.17) is 5.11 Å². The fourth-order valence-electron chi connectivity index (χ4n) is 0.935. The number of hydrogen-bond donors (Lipinski definition) is 1. The maximum atomic E-state index is 10.8. The molecule has 5 nitrogen and oxygen atoms in total. The van der Waals surface area contributed by atoms with Crippen molar-refractivity contribution < 1.29 is 9.90 Å². The fourth-order valence-corrected chi connectivity index (χ4v) is 2.46. The lowest BCUT2D eigenvalue weighted by Crippen LogP contribution is -2.01. The van der Waals surface area contributed by atoms with E-state index in [-0.39, 0.29) is 5.69 Å². The van der Waals surface area contributed by atoms with Crippen LogP contribution in [0.4, 0.5) is 0 Å². The Morgan fingerprint density at radius 2 is 2.40 bits per heavy atom. The molecule has 0 radical (unpaired) electrons. The summed E-state index contributed by atoms with van der Waals surface area (Å²) in [6, 6.07) is 3.39. The lowest BCUT2D eigenvalue weighted by molar-refractivity contribution is 0.0686. The van der Waals surface area contributed by atoms with Crippen molar-refractivity contribution in [2.24, 2.45) is 0 Å². The van der Waals surface area contributed by atoms with Crippen LogP contribution < -0.4 is 0 Å². The summed E-state index contributed by atoms with van der Waals surface area (Å²) in [7, 11) is 0. The number of carboxylic acid groups (broad SMARTS) is 1. The highest BCUT2D eigenvalue weighted by Gasteiger charge is 2.13. The van der Waals surface area contributed by atoms with Crippen molar-refractivity contribution >= 4 is 29.1 Å². The Morgan fingerprint density at radius 3 is 3.07 bits per heavy atom. The molecular formula is C8H5N3O2S2. The highest BCUT2D eigenvalue weighted by Crippen LogP contribution is 2.29. The second kappa shape index (κ2) is 4.37. The topological polar surface area (TPSA) is 76.0 Å². The molecule has 76 valence electrons. The van der Waals surface area contributed by atoms with Crippen LogP contribution in [0.5, 0.6) is 0 Å². The van der Waals surface area contributed by atoms with Gasteiger partial charge < -0.3 is 5.11 Å². The Morgan fingerprint density at radius 1 is 1.53 bits per heavy atom. The van der Waals surface area contributed by atoms with E-state index < -0.39 is 5.97 Å². The molecule has 7 heteroatoms. The summed E-state index contributed by atoms with van der Waals surface area (Å²) < 4.78 is 0.700. The summed E-state index contributed by atoms with van der Waals surface area (Å²) in [5, 5.41) is 16.4. The number of aromatic carboxylic acids is 1. The Bertz CT molecular complexity index is 472. The van der Waals surface area contributed by atoms with Crippen molar-refractivity contribution in [1.82, 2.24) is 15.2 Å². The van der Waals surface area contributed by atoms with Crippen molar-refractivity contribution in [3.8, 4) is 0 Å². The van der Waals surface area contributed by atoms with Gasteiger partial charge in [-0.15, -0.1) is 10.2 Å². The van der Waals surface area contributed by atoms with Gasteiger partial charge in [-0.3, -0.25) is 0 Å². The summed E-state index contributed by atoms with van der Waals surface area (Å²) in [5.74, 6) is -1.04. The van der Waals surface area contributed by atoms with E-state index in [0.717, 1.165) is 0 Å². The smallest absolute Gasteiger partial charge is 0.355 e. The number of hydrogen-bond acceptors (Lipinski definition) is 6. The molecule has 2 aromatic heterocycles. The predicted molar refractivity (Wildman–Crippen MR) is 55.2 cm³/mol. The number of rotatable bonds is 3. The third-order valence-electron chi connectivity index (χ3n) is 1.51. The number of pyridine rings is 1. The van der Waals surface area contributed by atoms with Gasteiger partial charge in [-0.05, 0) is 12.1 Å². The largest absolute Gasteiger partial charge is 0.476 e. The number of aromatic nitrogens is 3. The van der Waals surface area contributed by atoms with Gasteiger partial charge in [0.15, 0.2) is 10.0 Å². The molecule has 2 rings (SSSR count). The standard InChI is InChI=1S/C8H5N3O2S2/c12-7(13)6-5(2-1-3-9-6)15-8-11-10-4-14-8/h1-4H,(H,12,13). The van der Waals surface area contributed by atoms with Crippen LogP contribution in [-0.4, -0.2) is 26.3 Å². The molecule has 0 spiro atoms. The van der Waals surface area contributed by atoms with Gasteiger partial charge in [-0.25, -0.2) is 9.78 Å². The molecule has 0 aliphatic heterocycles. The second-order valence-corrected chi connectivity index (χ2v) is 4.58. The van der Waals surface area contributed by atoms with Gasteiger partial charge in [-0.2, -0.15) is 0 Å². The van der Waals surface area contributed by atoms with E-state index in [2.05, 4.69) is 15.2 Å². The maximum absolute atomic E-state index is 10.8. The molecule has 2 heterocycles. The monoisotopic (exact) mass is 239 g/mol. The molecule has 0 aliphatic rings. The van der Waals surface area contributed by atoms with Gasteiger partial charge in [0.1, 0.15) is 5.51 Å². The second-order valence-electron chi connectivity index (χ2n) is 2.46. The third-order valence-corrected chi connectivity index (χ3v) is 3.34. The van der Waals surface area contributed by atoms with Crippen molar-refractivity contribution in [3.63, 3.8) is 0 Å². The molecule has 0 bridgehead atoms. The summed E-state index contributed by atoms with van der Waals surface area (Å²) >= 11 is 2.61. The van der Waals surface area contributed by atoms with Crippen LogP contribution in [0.3, 0.4) is 0 Å². The quantitative estimate of drug-likeness (QED) is 0.879. The zero-order valence-corrected chi connectivity index (χ0v) is 8.96. The SMILES string of the molecule is O=C(O)c1ncccc1Sc1nncs1. The van der Waals surface area contributed by atoms with Crippen molar-refractivity contribution in [3.05, 3.63) is 29.5 Å². The summed E-state index contributed by atoms with van der Waals surface area (Å²) in [6.45, 7) is 0. The predicted octanol–water partition coefficient (Wildman–Crippen LogP) is 1.78. The molecule has 2 aromatic rings. The Kier molecular flexibility index (Phi) is 2.93. The van der Waals surface area contributed by atoms with E-state index >= 15 is 0 Å². The molecule has 0 fully saturated rings. The van der Waals surface area contributed by atoms with Gasteiger partial charge in [0, 0.05) is 11.1 Å². The minimum Gasteiger partial charge on any atom is -0.476 e. The van der Waals surface area contributed by atoms with Crippen LogP contribution in [0.15, 0.2) is 33.1 Å². The highest BCUT2D eigenvalue weighted by molar-refractivity contribution is 8.01. The minimum absolute atomic E-state index is 0.0395. The first kappa shape index (κ1) is 10.1. The van der Waals surface area contributed by atoms with Gasteiger partial charge in [-0.1, -0.05) is 23.1 Å². The van der Waals surface area contributed by atoms with Crippen LogP contribution in [0.25, 0.3) is 0 Å². The fraction of sp³-hybridized carbons (Fsp3) is 0. The summed E-state index contributed by atoms with van der Waals surface area (Å²) in [4.78, 5) is 15.2. The molecule has 0 amide bonds. The first-order valence-electron chi connectivity index (χ1n) is 3.89. The third kappa shape index (κ3) is 2.31. The van der Waals surface area contributed by atoms with E-state index in [9.17, 15) is 4.79 Å². The molecule has 0 unspecified atom stereocenters. The Balaban J connectivity index is 2.32. The van der Waals surface area contributed by atoms with E-state index in [1.807, 2.05) is 0 Å². The van der Waals surface area contributed by atoms with E-state index in [1.165, 1.54) is 29.3 Å². The lowest BCUT2D eigenvalue weighted by Gasteiger charge is -2.00. The van der Waals surface area contributed by atoms with Gasteiger partial charge in [0.2, 0.25) is 0 Å².